The third kappa shape index (κ3) is 23.1. The molecule has 18 atom stereocenters. The van der Waals surface area contributed by atoms with Crippen LogP contribution >= 0.6 is 0 Å². The van der Waals surface area contributed by atoms with Gasteiger partial charge in [-0.25, -0.2) is 0 Å². The summed E-state index contributed by atoms with van der Waals surface area (Å²) in [5.74, 6) is -4.40. The molecule has 0 spiro atoms. The van der Waals surface area contributed by atoms with Crippen molar-refractivity contribution in [3.05, 3.63) is 144 Å². The van der Waals surface area contributed by atoms with Gasteiger partial charge in [0.25, 0.3) is 0 Å². The first-order valence-electron chi connectivity index (χ1n) is 38.3. The zero-order chi connectivity index (χ0) is 79.0. The van der Waals surface area contributed by atoms with Gasteiger partial charge in [-0.15, -0.1) is 0 Å². The van der Waals surface area contributed by atoms with Crippen molar-refractivity contribution in [2.45, 2.75) is 362 Å². The van der Waals surface area contributed by atoms with Crippen molar-refractivity contribution in [3.8, 4) is 0 Å². The largest absolute Gasteiger partial charge is 0.453 e. The second-order valence-corrected chi connectivity index (χ2v) is 31.2. The van der Waals surface area contributed by atoms with Crippen LogP contribution in [0.5, 0.6) is 0 Å². The number of hydrogen-bond acceptors (Lipinski definition) is 27. The molecule has 0 amide bonds. The van der Waals surface area contributed by atoms with E-state index in [4.69, 9.17) is 99.5 Å². The number of rotatable bonds is 23. The Balaban J connectivity index is 0.000000219. The maximum Gasteiger partial charge on any atom is 0.305 e. The third-order valence-corrected chi connectivity index (χ3v) is 21.1. The molecule has 27 nitrogen and oxygen atoms in total. The highest BCUT2D eigenvalue weighted by atomic mass is 16.9. The van der Waals surface area contributed by atoms with E-state index in [2.05, 4.69) is 26.0 Å². The number of carbonyl (C=O) groups excluding carboxylic acids is 2. The predicted octanol–water partition coefficient (Wildman–Crippen LogP) is 12.6. The summed E-state index contributed by atoms with van der Waals surface area (Å²) < 4.78 is 122. The summed E-state index contributed by atoms with van der Waals surface area (Å²) >= 11 is 0. The van der Waals surface area contributed by atoms with Crippen molar-refractivity contribution < 1.29 is 129 Å². The SMILES string of the molecule is C.C.C.C.CC1(C)OCC([C@H]2O[C@@H]3OC(C)(C)O[C@@H]3[C@H]2O)O1.CC1(C)O[C@H]2OC(CO)(CO)[C@@H](OCc3ccccc3)[C@H]2O1.CCC1(CC)OC(OC(C)=O)[C@H](OC(C)=O)[C@@H]1OCc1ccccc1.CCC1(CC)O[C@@H]2OC(C)(C)O[C@@H]2[C@@H]1OCc1ccccc1.CC[C@@]1(CO)O[C@@H]2OC(C)(C)O[C@@H]2[C@@H]1OCc1ccccc1. The molecule has 0 radical (unpaired) electrons. The minimum Gasteiger partial charge on any atom is -0.453 e. The second kappa shape index (κ2) is 40.6. The van der Waals surface area contributed by atoms with Crippen LogP contribution in [-0.4, -0.2) is 215 Å². The van der Waals surface area contributed by atoms with Crippen LogP contribution in [-0.2, 0) is 135 Å². The van der Waals surface area contributed by atoms with E-state index in [9.17, 15) is 30.0 Å². The first-order chi connectivity index (χ1) is 51.7. The fourth-order valence-electron chi connectivity index (χ4n) is 15.5. The van der Waals surface area contributed by atoms with Crippen molar-refractivity contribution in [1.82, 2.24) is 0 Å². The lowest BCUT2D eigenvalue weighted by Crippen LogP contribution is -2.52. The molecule has 10 aliphatic heterocycles. The summed E-state index contributed by atoms with van der Waals surface area (Å²) in [5, 5.41) is 39.5. The van der Waals surface area contributed by atoms with Crippen molar-refractivity contribution in [1.29, 1.82) is 0 Å². The van der Waals surface area contributed by atoms with Crippen LogP contribution in [0.4, 0.5) is 0 Å². The Labute approximate surface area is 670 Å². The van der Waals surface area contributed by atoms with Gasteiger partial charge in [0.05, 0.1) is 58.5 Å². The summed E-state index contributed by atoms with van der Waals surface area (Å²) in [6.07, 6.45) is -4.75. The first-order valence-corrected chi connectivity index (χ1v) is 38.3. The Bertz CT molecular complexity index is 3240. The minimum absolute atomic E-state index is 0. The number of aliphatic hydroxyl groups excluding tert-OH is 4. The monoisotopic (exact) mass is 1600 g/mol. The van der Waals surface area contributed by atoms with Crippen LogP contribution in [0.3, 0.4) is 0 Å². The van der Waals surface area contributed by atoms with Crippen LogP contribution in [0.2, 0.25) is 0 Å². The summed E-state index contributed by atoms with van der Waals surface area (Å²) in [7, 11) is 0. The third-order valence-electron chi connectivity index (χ3n) is 21.1. The van der Waals surface area contributed by atoms with E-state index in [0.29, 0.717) is 52.3 Å². The molecule has 0 bridgehead atoms. The van der Waals surface area contributed by atoms with E-state index in [1.165, 1.54) is 13.8 Å². The molecule has 10 saturated heterocycles. The smallest absolute Gasteiger partial charge is 0.305 e. The van der Waals surface area contributed by atoms with Crippen molar-refractivity contribution >= 4 is 11.9 Å². The molecule has 640 valence electrons. The molecule has 0 aromatic heterocycles. The molecular formula is C86H134O27. The standard InChI is InChI=1S/C19H26O6.C18H26O4.C17H24O5.C16H22O6.C12H20O6.4CH4/c1-5-19(6-2)17(22-12-15-10-8-7-9-11-15)16(23-13(3)20)18(25-19)24-14(4)21;1-5-18(6-2)15(19-12-13-10-8-7-9-11-13)14-16(22-18)21-17(3,4)20-14;1-4-17(11-18)14(19-10-12-8-6-5-7-9-12)13-15(22-17)21-16(2,3)20-13;1-15(2)20-12-13(19-8-11-6-4-3-5-7-11)16(9-17,10-18)22-14(12)21-15;1-11(2)14-5-6(16-11)8-7(13)9-10(15-8)18-12(3,4)17-9;;;;/h7-11,16-18H,5-6,12H2,1-4H3;7-11,14-16H,5-6,12H2,1-4H3;5-9,13-15,18H,4,10-11H2,1-3H3;3-7,12-14,17-18H,8-10H2,1-2H3;6-10,13H,5H2,1-4H3;4*1H4/t16-,17+,18?;14-,15+,16+;13-,14+,15+,17+;12-,13+,14+;6?,7-,8+,9+,10+;;;;/m11110..../s1. The van der Waals surface area contributed by atoms with Gasteiger partial charge < -0.3 is 120 Å². The molecule has 10 heterocycles. The molecule has 10 aliphatic rings. The summed E-state index contributed by atoms with van der Waals surface area (Å²) in [5.41, 5.74) is 1.21. The van der Waals surface area contributed by atoms with Crippen LogP contribution in [0.25, 0.3) is 0 Å². The van der Waals surface area contributed by atoms with Gasteiger partial charge >= 0.3 is 11.9 Å². The Morgan fingerprint density at radius 3 is 1.00 bits per heavy atom. The number of benzene rings is 4. The number of hydrogen-bond donors (Lipinski definition) is 4. The van der Waals surface area contributed by atoms with Crippen LogP contribution < -0.4 is 0 Å². The predicted molar refractivity (Wildman–Crippen MR) is 417 cm³/mol. The van der Waals surface area contributed by atoms with E-state index in [0.717, 1.165) is 35.1 Å². The summed E-state index contributed by atoms with van der Waals surface area (Å²) in [4.78, 5) is 23.0. The van der Waals surface area contributed by atoms with E-state index in [-0.39, 0.29) is 91.9 Å². The van der Waals surface area contributed by atoms with Crippen molar-refractivity contribution in [2.24, 2.45) is 0 Å². The van der Waals surface area contributed by atoms with Crippen molar-refractivity contribution in [2.75, 3.05) is 26.4 Å². The highest BCUT2D eigenvalue weighted by molar-refractivity contribution is 5.67. The second-order valence-electron chi connectivity index (χ2n) is 31.2. The topological polar surface area (TPSA) is 309 Å². The Kier molecular flexibility index (Phi) is 34.7. The van der Waals surface area contributed by atoms with Gasteiger partial charge in [-0.1, -0.05) is 186 Å². The fraction of sp³-hybridized carbons (Fsp3) is 0.698. The highest BCUT2D eigenvalue weighted by Crippen LogP contribution is 2.50. The lowest BCUT2D eigenvalue weighted by atomic mass is 9.89. The number of fused-ring (bicyclic) bond motifs is 4. The van der Waals surface area contributed by atoms with Gasteiger partial charge in [-0.05, 0) is 124 Å². The van der Waals surface area contributed by atoms with Gasteiger partial charge in [-0.2, -0.15) is 0 Å². The van der Waals surface area contributed by atoms with Gasteiger partial charge in [0, 0.05) is 13.8 Å². The molecule has 4 aromatic rings. The van der Waals surface area contributed by atoms with E-state index in [1.54, 1.807) is 27.7 Å². The van der Waals surface area contributed by atoms with E-state index in [1.807, 2.05) is 172 Å². The molecule has 0 saturated carbocycles. The number of aliphatic hydroxyl groups is 4. The average Bonchev–Trinajstić information content (AvgIpc) is 1.62. The molecule has 14 rings (SSSR count). The quantitative estimate of drug-likeness (QED) is 0.0501. The molecule has 2 unspecified atom stereocenters. The maximum atomic E-state index is 11.6. The molecule has 4 N–H and O–H groups in total. The van der Waals surface area contributed by atoms with Crippen LogP contribution in [0.1, 0.15) is 202 Å². The zero-order valence-corrected chi connectivity index (χ0v) is 66.2. The molecule has 10 fully saturated rings. The fourth-order valence-corrected chi connectivity index (χ4v) is 15.5. The summed E-state index contributed by atoms with van der Waals surface area (Å²) in [6, 6.07) is 39.5. The Morgan fingerprint density at radius 1 is 0.363 bits per heavy atom. The number of carbonyl (C=O) groups is 2. The van der Waals surface area contributed by atoms with Gasteiger partial charge in [0.15, 0.2) is 60.2 Å². The number of esters is 2. The molecular weight excluding hydrogens is 1460 g/mol. The minimum atomic E-state index is -1.22. The van der Waals surface area contributed by atoms with Crippen molar-refractivity contribution in [3.63, 3.8) is 0 Å². The number of ether oxygens (including phenoxy) is 21. The van der Waals surface area contributed by atoms with Gasteiger partial charge in [0.2, 0.25) is 6.29 Å². The first kappa shape index (κ1) is 96.7. The molecule has 113 heavy (non-hydrogen) atoms. The Morgan fingerprint density at radius 2 is 0.673 bits per heavy atom. The average molecular weight is 1600 g/mol. The molecule has 27 heteroatoms. The highest BCUT2D eigenvalue weighted by Gasteiger charge is 2.66. The van der Waals surface area contributed by atoms with Gasteiger partial charge in [0.1, 0.15) is 83.9 Å². The molecule has 4 aromatic carbocycles. The normalized spacial score (nSPS) is 32.9. The summed E-state index contributed by atoms with van der Waals surface area (Å²) in [6.45, 7) is 32.5. The van der Waals surface area contributed by atoms with Gasteiger partial charge in [-0.3, -0.25) is 9.59 Å². The van der Waals surface area contributed by atoms with Crippen LogP contribution in [0.15, 0.2) is 121 Å². The maximum absolute atomic E-state index is 11.6. The van der Waals surface area contributed by atoms with E-state index >= 15 is 0 Å². The lowest BCUT2D eigenvalue weighted by molar-refractivity contribution is -0.258. The van der Waals surface area contributed by atoms with E-state index < -0.39 is 126 Å². The molecule has 0 aliphatic carbocycles. The van der Waals surface area contributed by atoms with Crippen LogP contribution in [0, 0.1) is 0 Å². The Hall–Kier alpha value is -5.10. The zero-order valence-electron chi connectivity index (χ0n) is 66.2. The lowest BCUT2D eigenvalue weighted by Gasteiger charge is -2.35.